The molecule has 1 N–H and O–H groups in total. The first-order chi connectivity index (χ1) is 11.9. The molecule has 132 valence electrons. The summed E-state index contributed by atoms with van der Waals surface area (Å²) in [5.74, 6) is 0.303. The second-order valence-corrected chi connectivity index (χ2v) is 6.59. The summed E-state index contributed by atoms with van der Waals surface area (Å²) in [4.78, 5) is 12.0. The maximum absolute atomic E-state index is 12.9. The molecule has 1 atom stereocenters. The maximum Gasteiger partial charge on any atom is 0.417 e. The van der Waals surface area contributed by atoms with Gasteiger partial charge in [-0.3, -0.25) is 4.79 Å². The van der Waals surface area contributed by atoms with Crippen molar-refractivity contribution in [2.24, 2.45) is 5.10 Å². The Morgan fingerprint density at radius 1 is 1.16 bits per heavy atom. The van der Waals surface area contributed by atoms with Gasteiger partial charge in [0.25, 0.3) is 5.91 Å². The van der Waals surface area contributed by atoms with Crippen LogP contribution in [0, 0.1) is 0 Å². The molecule has 25 heavy (non-hydrogen) atoms. The van der Waals surface area contributed by atoms with Crippen LogP contribution in [0.2, 0.25) is 0 Å². The number of amides is 1. The molecule has 0 aliphatic heterocycles. The van der Waals surface area contributed by atoms with Crippen LogP contribution in [-0.2, 0) is 16.7 Å². The topological polar surface area (TPSA) is 41.5 Å². The largest absolute Gasteiger partial charge is 0.417 e. The first-order valence-corrected chi connectivity index (χ1v) is 8.57. The summed E-state index contributed by atoms with van der Waals surface area (Å²) in [6.45, 7) is 1.72. The van der Waals surface area contributed by atoms with Crippen molar-refractivity contribution in [3.05, 3.63) is 71.3 Å². The van der Waals surface area contributed by atoms with Crippen LogP contribution in [0.25, 0.3) is 0 Å². The average Bonchev–Trinajstić information content (AvgIpc) is 2.60. The molecule has 0 bridgehead atoms. The van der Waals surface area contributed by atoms with E-state index in [9.17, 15) is 18.0 Å². The van der Waals surface area contributed by atoms with Gasteiger partial charge in [0.15, 0.2) is 0 Å². The molecule has 2 rings (SSSR count). The van der Waals surface area contributed by atoms with E-state index in [0.717, 1.165) is 17.8 Å². The van der Waals surface area contributed by atoms with E-state index in [2.05, 4.69) is 10.5 Å². The lowest BCUT2D eigenvalue weighted by Crippen LogP contribution is -2.27. The second-order valence-electron chi connectivity index (χ2n) is 5.26. The van der Waals surface area contributed by atoms with E-state index in [1.807, 2.05) is 30.3 Å². The number of carbonyl (C=O) groups excluding carboxylic acids is 1. The fourth-order valence-corrected chi connectivity index (χ4v) is 2.83. The molecule has 2 aromatic rings. The highest BCUT2D eigenvalue weighted by Crippen LogP contribution is 2.31. The lowest BCUT2D eigenvalue weighted by Gasteiger charge is -2.10. The summed E-state index contributed by atoms with van der Waals surface area (Å²) in [5, 5.41) is 3.27. The molecule has 2 aromatic carbocycles. The summed E-state index contributed by atoms with van der Waals surface area (Å²) >= 11 is 1.43. The minimum atomic E-state index is -4.47. The molecule has 0 heterocycles. The number of alkyl halides is 3. The SMILES string of the molecule is C[C@@H](SCc1ccccc1)C(=O)N/N=C\c1ccccc1C(F)(F)F. The molecule has 0 aliphatic rings. The first-order valence-electron chi connectivity index (χ1n) is 7.52. The third kappa shape index (κ3) is 5.94. The van der Waals surface area contributed by atoms with Crippen molar-refractivity contribution in [1.82, 2.24) is 5.43 Å². The highest BCUT2D eigenvalue weighted by Gasteiger charge is 2.32. The smallest absolute Gasteiger partial charge is 0.272 e. The van der Waals surface area contributed by atoms with Crippen molar-refractivity contribution < 1.29 is 18.0 Å². The molecule has 0 unspecified atom stereocenters. The Labute approximate surface area is 148 Å². The van der Waals surface area contributed by atoms with Crippen molar-refractivity contribution >= 4 is 23.9 Å². The quantitative estimate of drug-likeness (QED) is 0.605. The number of thioether (sulfide) groups is 1. The molecule has 7 heteroatoms. The maximum atomic E-state index is 12.9. The van der Waals surface area contributed by atoms with Crippen LogP contribution in [0.5, 0.6) is 0 Å². The summed E-state index contributed by atoms with van der Waals surface area (Å²) in [6, 6.07) is 14.7. The van der Waals surface area contributed by atoms with E-state index in [-0.39, 0.29) is 16.7 Å². The molecule has 0 spiro atoms. The fraction of sp³-hybridized carbons (Fsp3) is 0.222. The van der Waals surface area contributed by atoms with E-state index in [0.29, 0.717) is 5.75 Å². The average molecular weight is 366 g/mol. The third-order valence-electron chi connectivity index (χ3n) is 3.36. The molecule has 1 amide bonds. The molecule has 3 nitrogen and oxygen atoms in total. The molecule has 0 fully saturated rings. The lowest BCUT2D eigenvalue weighted by atomic mass is 10.1. The van der Waals surface area contributed by atoms with Gasteiger partial charge in [-0.05, 0) is 18.6 Å². The number of rotatable bonds is 6. The van der Waals surface area contributed by atoms with Gasteiger partial charge in [0.2, 0.25) is 0 Å². The van der Waals surface area contributed by atoms with Crippen molar-refractivity contribution in [3.63, 3.8) is 0 Å². The molecular formula is C18H17F3N2OS. The molecule has 0 radical (unpaired) electrons. The van der Waals surface area contributed by atoms with Gasteiger partial charge in [-0.2, -0.15) is 18.3 Å². The van der Waals surface area contributed by atoms with Crippen molar-refractivity contribution in [2.75, 3.05) is 0 Å². The van der Waals surface area contributed by atoms with Gasteiger partial charge in [-0.1, -0.05) is 48.5 Å². The highest BCUT2D eigenvalue weighted by atomic mass is 32.2. The zero-order chi connectivity index (χ0) is 18.3. The van der Waals surface area contributed by atoms with E-state index >= 15 is 0 Å². The Balaban J connectivity index is 1.90. The first kappa shape index (κ1) is 19.1. The Kier molecular flexibility index (Phi) is 6.64. The van der Waals surface area contributed by atoms with Crippen LogP contribution in [-0.4, -0.2) is 17.4 Å². The molecule has 0 saturated heterocycles. The van der Waals surface area contributed by atoms with Crippen LogP contribution < -0.4 is 5.43 Å². The van der Waals surface area contributed by atoms with Crippen molar-refractivity contribution in [3.8, 4) is 0 Å². The third-order valence-corrected chi connectivity index (χ3v) is 4.57. The Hall–Kier alpha value is -2.28. The highest BCUT2D eigenvalue weighted by molar-refractivity contribution is 7.99. The Morgan fingerprint density at radius 2 is 1.80 bits per heavy atom. The summed E-state index contributed by atoms with van der Waals surface area (Å²) in [7, 11) is 0. The normalized spacial score (nSPS) is 13.0. The summed E-state index contributed by atoms with van der Waals surface area (Å²) in [6.07, 6.45) is -3.46. The Bertz CT molecular complexity index is 733. The van der Waals surface area contributed by atoms with Crippen LogP contribution in [0.1, 0.15) is 23.6 Å². The minimum absolute atomic E-state index is 0.0973. The summed E-state index contributed by atoms with van der Waals surface area (Å²) < 4.78 is 38.6. The number of hydrazone groups is 1. The number of halogens is 3. The standard InChI is InChI=1S/C18H17F3N2OS/c1-13(25-12-14-7-3-2-4-8-14)17(24)23-22-11-15-9-5-6-10-16(15)18(19,20)21/h2-11,13H,12H2,1H3,(H,23,24)/b22-11-/t13-/m1/s1. The predicted octanol–water partition coefficient (Wildman–Crippen LogP) is 4.48. The van der Waals surface area contributed by atoms with Gasteiger partial charge in [-0.15, -0.1) is 11.8 Å². The monoisotopic (exact) mass is 366 g/mol. The van der Waals surface area contributed by atoms with Crippen LogP contribution in [0.3, 0.4) is 0 Å². The zero-order valence-corrected chi connectivity index (χ0v) is 14.3. The van der Waals surface area contributed by atoms with Gasteiger partial charge < -0.3 is 0 Å². The van der Waals surface area contributed by atoms with E-state index in [4.69, 9.17) is 0 Å². The number of nitrogens with zero attached hydrogens (tertiary/aromatic N) is 1. The van der Waals surface area contributed by atoms with Gasteiger partial charge in [-0.25, -0.2) is 5.43 Å². The summed E-state index contributed by atoms with van der Waals surface area (Å²) in [5.41, 5.74) is 2.49. The van der Waals surface area contributed by atoms with Gasteiger partial charge in [0.05, 0.1) is 17.0 Å². The minimum Gasteiger partial charge on any atom is -0.272 e. The van der Waals surface area contributed by atoms with Crippen molar-refractivity contribution in [1.29, 1.82) is 0 Å². The van der Waals surface area contributed by atoms with Crippen LogP contribution in [0.15, 0.2) is 59.7 Å². The van der Waals surface area contributed by atoms with Crippen LogP contribution >= 0.6 is 11.8 Å². The lowest BCUT2D eigenvalue weighted by molar-refractivity contribution is -0.137. The number of nitrogens with one attached hydrogen (secondary N) is 1. The van der Waals surface area contributed by atoms with E-state index in [1.54, 1.807) is 6.92 Å². The molecule has 0 aromatic heterocycles. The van der Waals surface area contributed by atoms with E-state index in [1.165, 1.54) is 30.0 Å². The van der Waals surface area contributed by atoms with E-state index < -0.39 is 11.7 Å². The second kappa shape index (κ2) is 8.71. The van der Waals surface area contributed by atoms with Gasteiger partial charge in [0, 0.05) is 11.3 Å². The van der Waals surface area contributed by atoms with Gasteiger partial charge >= 0.3 is 6.18 Å². The van der Waals surface area contributed by atoms with Gasteiger partial charge in [0.1, 0.15) is 0 Å². The fourth-order valence-electron chi connectivity index (χ4n) is 2.00. The number of hydrogen-bond donors (Lipinski definition) is 1. The van der Waals surface area contributed by atoms with Crippen LogP contribution in [0.4, 0.5) is 13.2 Å². The molecule has 0 saturated carbocycles. The molecule has 0 aliphatic carbocycles. The number of carbonyl (C=O) groups is 1. The molecular weight excluding hydrogens is 349 g/mol. The van der Waals surface area contributed by atoms with Crippen molar-refractivity contribution in [2.45, 2.75) is 24.1 Å². The number of benzene rings is 2. The zero-order valence-electron chi connectivity index (χ0n) is 13.5. The Morgan fingerprint density at radius 3 is 2.48 bits per heavy atom. The predicted molar refractivity (Wildman–Crippen MR) is 94.4 cm³/mol. The number of hydrogen-bond acceptors (Lipinski definition) is 3.